The van der Waals surface area contributed by atoms with E-state index in [1.807, 2.05) is 24.3 Å². The van der Waals surface area contributed by atoms with Crippen molar-refractivity contribution in [3.63, 3.8) is 0 Å². The monoisotopic (exact) mass is 363 g/mol. The highest BCUT2D eigenvalue weighted by molar-refractivity contribution is 6.30. The molecule has 0 spiro atoms. The van der Waals surface area contributed by atoms with Crippen LogP contribution in [0.3, 0.4) is 0 Å². The second-order valence-electron chi connectivity index (χ2n) is 7.13. The number of nitrogens with zero attached hydrogens (tertiary/aromatic N) is 2. The van der Waals surface area contributed by atoms with Gasteiger partial charge in [0, 0.05) is 50.4 Å². The van der Waals surface area contributed by atoms with Gasteiger partial charge in [-0.05, 0) is 49.4 Å². The summed E-state index contributed by atoms with van der Waals surface area (Å²) in [5, 5.41) is 3.86. The molecule has 2 saturated heterocycles. The quantitative estimate of drug-likeness (QED) is 0.894. The number of hydrogen-bond donors (Lipinski definition) is 1. The average molecular weight is 364 g/mol. The SMILES string of the molecule is CC(=O)N1CCCC(C(=O)NCC2CCN(c3ccc(Cl)cc3)C2)C1. The van der Waals surface area contributed by atoms with E-state index in [1.54, 1.807) is 11.8 Å². The van der Waals surface area contributed by atoms with Crippen LogP contribution >= 0.6 is 11.6 Å². The number of hydrogen-bond acceptors (Lipinski definition) is 3. The minimum Gasteiger partial charge on any atom is -0.371 e. The maximum atomic E-state index is 12.4. The van der Waals surface area contributed by atoms with Gasteiger partial charge in [0.25, 0.3) is 0 Å². The molecule has 0 radical (unpaired) electrons. The number of likely N-dealkylation sites (tertiary alicyclic amines) is 1. The number of benzene rings is 1. The third-order valence-corrected chi connectivity index (χ3v) is 5.53. The average Bonchev–Trinajstić information content (AvgIpc) is 3.09. The third-order valence-electron chi connectivity index (χ3n) is 5.28. The number of nitrogens with one attached hydrogen (secondary N) is 1. The summed E-state index contributed by atoms with van der Waals surface area (Å²) in [5.74, 6) is 0.557. The first-order valence-corrected chi connectivity index (χ1v) is 9.44. The Labute approximate surface area is 154 Å². The van der Waals surface area contributed by atoms with Crippen LogP contribution in [0.15, 0.2) is 24.3 Å². The minimum absolute atomic E-state index is 0.0619. The lowest BCUT2D eigenvalue weighted by Gasteiger charge is -2.31. The van der Waals surface area contributed by atoms with Gasteiger partial charge in [0.1, 0.15) is 0 Å². The number of halogens is 1. The van der Waals surface area contributed by atoms with Crippen LogP contribution in [0, 0.1) is 11.8 Å². The number of carbonyl (C=O) groups is 2. The van der Waals surface area contributed by atoms with Crippen molar-refractivity contribution < 1.29 is 9.59 Å². The van der Waals surface area contributed by atoms with Crippen molar-refractivity contribution in [2.75, 3.05) is 37.6 Å². The van der Waals surface area contributed by atoms with E-state index in [4.69, 9.17) is 11.6 Å². The summed E-state index contributed by atoms with van der Waals surface area (Å²) in [6, 6.07) is 7.91. The molecule has 2 heterocycles. The molecule has 0 saturated carbocycles. The van der Waals surface area contributed by atoms with Gasteiger partial charge in [-0.15, -0.1) is 0 Å². The molecule has 1 aromatic carbocycles. The standard InChI is InChI=1S/C19H26ClN3O2/c1-14(24)22-9-2-3-16(13-22)19(25)21-11-15-8-10-23(12-15)18-6-4-17(20)5-7-18/h4-7,15-16H,2-3,8-13H2,1H3,(H,21,25). The molecule has 2 unspecified atom stereocenters. The molecule has 2 fully saturated rings. The van der Waals surface area contributed by atoms with Gasteiger partial charge in [-0.3, -0.25) is 9.59 Å². The van der Waals surface area contributed by atoms with Crippen molar-refractivity contribution >= 4 is 29.1 Å². The summed E-state index contributed by atoms with van der Waals surface area (Å²) in [6.45, 7) is 5.57. The zero-order valence-corrected chi connectivity index (χ0v) is 15.5. The molecule has 0 bridgehead atoms. The van der Waals surface area contributed by atoms with Crippen LogP contribution in [-0.4, -0.2) is 49.4 Å². The molecular weight excluding hydrogens is 338 g/mol. The number of rotatable bonds is 4. The van der Waals surface area contributed by atoms with Crippen LogP contribution in [0.2, 0.25) is 5.02 Å². The van der Waals surface area contributed by atoms with Crippen molar-refractivity contribution in [2.45, 2.75) is 26.2 Å². The Kier molecular flexibility index (Phi) is 5.84. The van der Waals surface area contributed by atoms with Crippen LogP contribution in [0.1, 0.15) is 26.2 Å². The lowest BCUT2D eigenvalue weighted by Crippen LogP contribution is -2.45. The maximum absolute atomic E-state index is 12.4. The van der Waals surface area contributed by atoms with E-state index in [0.29, 0.717) is 19.0 Å². The van der Waals surface area contributed by atoms with Crippen LogP contribution in [0.4, 0.5) is 5.69 Å². The second kappa shape index (κ2) is 8.09. The van der Waals surface area contributed by atoms with Crippen molar-refractivity contribution in [2.24, 2.45) is 11.8 Å². The normalized spacial score (nSPS) is 23.6. The van der Waals surface area contributed by atoms with Gasteiger partial charge in [-0.25, -0.2) is 0 Å². The molecule has 0 aliphatic carbocycles. The molecule has 2 atom stereocenters. The van der Waals surface area contributed by atoms with Crippen LogP contribution in [0.5, 0.6) is 0 Å². The Morgan fingerprint density at radius 2 is 1.92 bits per heavy atom. The summed E-state index contributed by atoms with van der Waals surface area (Å²) in [7, 11) is 0. The predicted octanol–water partition coefficient (Wildman–Crippen LogP) is 2.54. The van der Waals surface area contributed by atoms with Crippen LogP contribution < -0.4 is 10.2 Å². The number of amides is 2. The third kappa shape index (κ3) is 4.66. The Hall–Kier alpha value is -1.75. The van der Waals surface area contributed by atoms with Gasteiger partial charge in [-0.2, -0.15) is 0 Å². The van der Waals surface area contributed by atoms with Gasteiger partial charge in [-0.1, -0.05) is 11.6 Å². The molecule has 25 heavy (non-hydrogen) atoms. The fourth-order valence-corrected chi connectivity index (χ4v) is 3.88. The predicted molar refractivity (Wildman–Crippen MR) is 99.8 cm³/mol. The molecule has 0 aromatic heterocycles. The fraction of sp³-hybridized carbons (Fsp3) is 0.579. The van der Waals surface area contributed by atoms with E-state index in [9.17, 15) is 9.59 Å². The number of carbonyl (C=O) groups excluding carboxylic acids is 2. The lowest BCUT2D eigenvalue weighted by atomic mass is 9.96. The van der Waals surface area contributed by atoms with Crippen LogP contribution in [0.25, 0.3) is 0 Å². The minimum atomic E-state index is -0.0635. The summed E-state index contributed by atoms with van der Waals surface area (Å²) in [4.78, 5) is 28.1. The molecule has 5 nitrogen and oxygen atoms in total. The smallest absolute Gasteiger partial charge is 0.224 e. The molecule has 1 N–H and O–H groups in total. The van der Waals surface area contributed by atoms with Gasteiger partial charge in [0.15, 0.2) is 0 Å². The summed E-state index contributed by atoms with van der Waals surface area (Å²) in [5.41, 5.74) is 1.18. The summed E-state index contributed by atoms with van der Waals surface area (Å²) >= 11 is 5.94. The van der Waals surface area contributed by atoms with E-state index < -0.39 is 0 Å². The second-order valence-corrected chi connectivity index (χ2v) is 7.56. The largest absolute Gasteiger partial charge is 0.371 e. The zero-order chi connectivity index (χ0) is 17.8. The highest BCUT2D eigenvalue weighted by Gasteiger charge is 2.28. The first-order valence-electron chi connectivity index (χ1n) is 9.06. The molecule has 1 aromatic rings. The number of anilines is 1. The van der Waals surface area contributed by atoms with E-state index in [-0.39, 0.29) is 17.7 Å². The first kappa shape index (κ1) is 18.1. The van der Waals surface area contributed by atoms with E-state index in [1.165, 1.54) is 5.69 Å². The fourth-order valence-electron chi connectivity index (χ4n) is 3.75. The summed E-state index contributed by atoms with van der Waals surface area (Å²) < 4.78 is 0. The summed E-state index contributed by atoms with van der Waals surface area (Å²) in [6.07, 6.45) is 2.86. The molecule has 2 aliphatic heterocycles. The molecule has 6 heteroatoms. The van der Waals surface area contributed by atoms with Gasteiger partial charge >= 0.3 is 0 Å². The van der Waals surface area contributed by atoms with E-state index in [2.05, 4.69) is 10.2 Å². The molecule has 2 aliphatic rings. The molecular formula is C19H26ClN3O2. The van der Waals surface area contributed by atoms with Gasteiger partial charge < -0.3 is 15.1 Å². The Bertz CT molecular complexity index is 620. The molecule has 2 amide bonds. The highest BCUT2D eigenvalue weighted by Crippen LogP contribution is 2.25. The zero-order valence-electron chi connectivity index (χ0n) is 14.7. The van der Waals surface area contributed by atoms with Gasteiger partial charge in [0.05, 0.1) is 5.92 Å². The molecule has 136 valence electrons. The van der Waals surface area contributed by atoms with Crippen molar-refractivity contribution in [3.05, 3.63) is 29.3 Å². The lowest BCUT2D eigenvalue weighted by molar-refractivity contribution is -0.134. The van der Waals surface area contributed by atoms with Gasteiger partial charge in [0.2, 0.25) is 11.8 Å². The number of piperidine rings is 1. The van der Waals surface area contributed by atoms with Crippen molar-refractivity contribution in [1.82, 2.24) is 10.2 Å². The Morgan fingerprint density at radius 3 is 2.64 bits per heavy atom. The van der Waals surface area contributed by atoms with Crippen molar-refractivity contribution in [3.8, 4) is 0 Å². The van der Waals surface area contributed by atoms with E-state index in [0.717, 1.165) is 43.9 Å². The Morgan fingerprint density at radius 1 is 1.16 bits per heavy atom. The molecule has 3 rings (SSSR count). The first-order chi connectivity index (χ1) is 12.0. The topological polar surface area (TPSA) is 52.7 Å². The maximum Gasteiger partial charge on any atom is 0.224 e. The van der Waals surface area contributed by atoms with E-state index >= 15 is 0 Å². The highest BCUT2D eigenvalue weighted by atomic mass is 35.5. The Balaban J connectivity index is 1.45. The van der Waals surface area contributed by atoms with Crippen molar-refractivity contribution in [1.29, 1.82) is 0 Å². The van der Waals surface area contributed by atoms with Crippen LogP contribution in [-0.2, 0) is 9.59 Å².